The van der Waals surface area contributed by atoms with E-state index in [1.165, 1.54) is 0 Å². The normalized spacial score (nSPS) is 10.6. The second kappa shape index (κ2) is 5.09. The van der Waals surface area contributed by atoms with E-state index in [1.54, 1.807) is 19.1 Å². The molecule has 0 fully saturated rings. The lowest BCUT2D eigenvalue weighted by Gasteiger charge is -2.13. The Labute approximate surface area is 109 Å². The Bertz CT molecular complexity index is 633. The molecule has 2 aromatic rings. The molecule has 6 heteroatoms. The van der Waals surface area contributed by atoms with Crippen LogP contribution in [0.15, 0.2) is 22.6 Å². The van der Waals surface area contributed by atoms with Crippen LogP contribution in [0.1, 0.15) is 29.6 Å². The Hall–Kier alpha value is -2.37. The summed E-state index contributed by atoms with van der Waals surface area (Å²) in [5.41, 5.74) is 1.99. The number of amides is 2. The maximum atomic E-state index is 12.0. The zero-order chi connectivity index (χ0) is 14.0. The number of fused-ring (bicyclic) bond motifs is 1. The van der Waals surface area contributed by atoms with Crippen molar-refractivity contribution in [3.05, 3.63) is 29.7 Å². The lowest BCUT2D eigenvalue weighted by atomic mass is 10.2. The minimum Gasteiger partial charge on any atom is -0.465 e. The summed E-state index contributed by atoms with van der Waals surface area (Å²) in [6.45, 7) is 3.80. The van der Waals surface area contributed by atoms with Gasteiger partial charge in [0.1, 0.15) is 5.52 Å². The van der Waals surface area contributed by atoms with Crippen LogP contribution >= 0.6 is 0 Å². The Kier molecular flexibility index (Phi) is 3.50. The van der Waals surface area contributed by atoms with Crippen molar-refractivity contribution in [3.63, 3.8) is 0 Å². The average Bonchev–Trinajstić information content (AvgIpc) is 2.77. The van der Waals surface area contributed by atoms with Crippen LogP contribution in [0.5, 0.6) is 0 Å². The Balaban J connectivity index is 2.37. The molecule has 0 aliphatic rings. The van der Waals surface area contributed by atoms with E-state index in [9.17, 15) is 9.59 Å². The first kappa shape index (κ1) is 13.1. The third kappa shape index (κ3) is 2.57. The topological polar surface area (TPSA) is 83.6 Å². The molecule has 6 nitrogen and oxygen atoms in total. The smallest absolute Gasteiger partial charge is 0.414 e. The van der Waals surface area contributed by atoms with Gasteiger partial charge >= 0.3 is 12.0 Å². The van der Waals surface area contributed by atoms with Crippen molar-refractivity contribution in [2.75, 3.05) is 6.54 Å². The van der Waals surface area contributed by atoms with Gasteiger partial charge in [-0.2, -0.15) is 0 Å². The highest BCUT2D eigenvalue weighted by Gasteiger charge is 2.25. The Morgan fingerprint density at radius 2 is 2.16 bits per heavy atom. The fourth-order valence-corrected chi connectivity index (χ4v) is 1.75. The molecule has 100 valence electrons. The molecule has 0 aliphatic carbocycles. The Morgan fingerprint density at radius 1 is 1.42 bits per heavy atom. The lowest BCUT2D eigenvalue weighted by molar-refractivity contribution is 0.0706. The molecule has 0 unspecified atom stereocenters. The summed E-state index contributed by atoms with van der Waals surface area (Å²) >= 11 is 0. The van der Waals surface area contributed by atoms with Gasteiger partial charge in [0.25, 0.3) is 5.89 Å². The molecule has 0 spiro atoms. The number of benzene rings is 1. The highest BCUT2D eigenvalue weighted by molar-refractivity contribution is 6.00. The van der Waals surface area contributed by atoms with Crippen LogP contribution in [0.4, 0.5) is 4.79 Å². The van der Waals surface area contributed by atoms with E-state index in [1.807, 2.05) is 13.0 Å². The van der Waals surface area contributed by atoms with Crippen molar-refractivity contribution in [2.24, 2.45) is 0 Å². The monoisotopic (exact) mass is 262 g/mol. The van der Waals surface area contributed by atoms with Crippen LogP contribution in [0, 0.1) is 6.92 Å². The van der Waals surface area contributed by atoms with Gasteiger partial charge in [-0.1, -0.05) is 13.0 Å². The zero-order valence-corrected chi connectivity index (χ0v) is 10.7. The van der Waals surface area contributed by atoms with Crippen molar-refractivity contribution < 1.29 is 19.1 Å². The van der Waals surface area contributed by atoms with E-state index in [4.69, 9.17) is 9.52 Å². The van der Waals surface area contributed by atoms with E-state index in [0.29, 0.717) is 22.4 Å². The van der Waals surface area contributed by atoms with E-state index in [2.05, 4.69) is 4.98 Å². The fourth-order valence-electron chi connectivity index (χ4n) is 1.75. The Morgan fingerprint density at radius 3 is 2.79 bits per heavy atom. The largest absolute Gasteiger partial charge is 0.465 e. The van der Waals surface area contributed by atoms with Gasteiger partial charge in [0.05, 0.1) is 0 Å². The van der Waals surface area contributed by atoms with Crippen LogP contribution in [0.3, 0.4) is 0 Å². The molecule has 2 amide bonds. The quantitative estimate of drug-likeness (QED) is 0.919. The lowest BCUT2D eigenvalue weighted by Crippen LogP contribution is -2.36. The summed E-state index contributed by atoms with van der Waals surface area (Å²) in [7, 11) is 0. The summed E-state index contributed by atoms with van der Waals surface area (Å²) < 4.78 is 5.32. The standard InChI is InChI=1S/C13H14N2O4/c1-3-6-15(13(17)18)12(16)11-14-9-5-4-8(2)7-10(9)19-11/h4-5,7H,3,6H2,1-2H3,(H,17,18). The van der Waals surface area contributed by atoms with E-state index >= 15 is 0 Å². The van der Waals surface area contributed by atoms with Gasteiger partial charge in [0.2, 0.25) is 0 Å². The molecule has 2 rings (SSSR count). The molecule has 1 aromatic heterocycles. The number of aryl methyl sites for hydroxylation is 1. The molecular formula is C13H14N2O4. The highest BCUT2D eigenvalue weighted by Crippen LogP contribution is 2.18. The van der Waals surface area contributed by atoms with Gasteiger partial charge in [-0.3, -0.25) is 4.79 Å². The molecule has 19 heavy (non-hydrogen) atoms. The van der Waals surface area contributed by atoms with Crippen LogP contribution in [0.25, 0.3) is 11.1 Å². The average molecular weight is 262 g/mol. The molecule has 0 saturated heterocycles. The second-order valence-corrected chi connectivity index (χ2v) is 4.23. The number of hydrogen-bond acceptors (Lipinski definition) is 4. The minimum atomic E-state index is -1.30. The van der Waals surface area contributed by atoms with Gasteiger partial charge in [0.15, 0.2) is 5.58 Å². The molecule has 0 radical (unpaired) electrons. The van der Waals surface area contributed by atoms with Crippen LogP contribution in [-0.2, 0) is 0 Å². The van der Waals surface area contributed by atoms with Gasteiger partial charge in [0, 0.05) is 6.54 Å². The number of aromatic nitrogens is 1. The maximum absolute atomic E-state index is 12.0. The summed E-state index contributed by atoms with van der Waals surface area (Å²) in [6, 6.07) is 5.33. The van der Waals surface area contributed by atoms with Crippen LogP contribution in [0.2, 0.25) is 0 Å². The molecule has 0 aliphatic heterocycles. The number of nitrogens with zero attached hydrogens (tertiary/aromatic N) is 2. The van der Waals surface area contributed by atoms with E-state index in [-0.39, 0.29) is 12.4 Å². The number of hydrogen-bond donors (Lipinski definition) is 1. The molecule has 1 N–H and O–H groups in total. The van der Waals surface area contributed by atoms with Gasteiger partial charge in [-0.25, -0.2) is 14.7 Å². The van der Waals surface area contributed by atoms with E-state index < -0.39 is 12.0 Å². The van der Waals surface area contributed by atoms with Crippen molar-refractivity contribution in [3.8, 4) is 0 Å². The van der Waals surface area contributed by atoms with Gasteiger partial charge < -0.3 is 9.52 Å². The van der Waals surface area contributed by atoms with Crippen LogP contribution in [-0.4, -0.2) is 33.5 Å². The third-order valence-corrected chi connectivity index (χ3v) is 2.65. The maximum Gasteiger partial charge on any atom is 0.414 e. The summed E-state index contributed by atoms with van der Waals surface area (Å²) in [6.07, 6.45) is -0.762. The van der Waals surface area contributed by atoms with Crippen molar-refractivity contribution in [1.29, 1.82) is 0 Å². The SMILES string of the molecule is CCCN(C(=O)O)C(=O)c1nc2ccc(C)cc2o1. The minimum absolute atomic E-state index is 0.117. The third-order valence-electron chi connectivity index (χ3n) is 2.65. The number of carbonyl (C=O) groups excluding carboxylic acids is 1. The first-order valence-electron chi connectivity index (χ1n) is 5.95. The van der Waals surface area contributed by atoms with Crippen molar-refractivity contribution in [2.45, 2.75) is 20.3 Å². The fraction of sp³-hybridized carbons (Fsp3) is 0.308. The summed E-state index contributed by atoms with van der Waals surface area (Å²) in [5, 5.41) is 8.99. The van der Waals surface area contributed by atoms with Crippen molar-refractivity contribution >= 4 is 23.1 Å². The second-order valence-electron chi connectivity index (χ2n) is 4.23. The predicted octanol–water partition coefficient (Wildman–Crippen LogP) is 2.67. The number of oxazole rings is 1. The zero-order valence-electron chi connectivity index (χ0n) is 10.7. The summed E-state index contributed by atoms with van der Waals surface area (Å²) in [5.74, 6) is -0.931. The molecule has 0 bridgehead atoms. The molecule has 0 atom stereocenters. The number of rotatable bonds is 3. The predicted molar refractivity (Wildman–Crippen MR) is 68.1 cm³/mol. The molecule has 1 heterocycles. The summed E-state index contributed by atoms with van der Waals surface area (Å²) in [4.78, 5) is 27.8. The number of imide groups is 1. The van der Waals surface area contributed by atoms with Gasteiger partial charge in [-0.15, -0.1) is 0 Å². The molecule has 1 aromatic carbocycles. The first-order valence-corrected chi connectivity index (χ1v) is 5.95. The van der Waals surface area contributed by atoms with E-state index in [0.717, 1.165) is 5.56 Å². The van der Waals surface area contributed by atoms with Crippen LogP contribution < -0.4 is 0 Å². The number of carboxylic acid groups (broad SMARTS) is 1. The molecule has 0 saturated carbocycles. The highest BCUT2D eigenvalue weighted by atomic mass is 16.4. The molecular weight excluding hydrogens is 248 g/mol. The van der Waals surface area contributed by atoms with Crippen molar-refractivity contribution in [1.82, 2.24) is 9.88 Å². The number of carbonyl (C=O) groups is 2. The van der Waals surface area contributed by atoms with Gasteiger partial charge in [-0.05, 0) is 31.0 Å². The first-order chi connectivity index (χ1) is 9.02.